The van der Waals surface area contributed by atoms with E-state index < -0.39 is 0 Å². The Labute approximate surface area is 121 Å². The third kappa shape index (κ3) is 7.94. The minimum atomic E-state index is 0.819. The van der Waals surface area contributed by atoms with Crippen LogP contribution in [0.4, 0.5) is 0 Å². The van der Waals surface area contributed by atoms with Gasteiger partial charge >= 0.3 is 0 Å². The van der Waals surface area contributed by atoms with Gasteiger partial charge in [0.15, 0.2) is 0 Å². The van der Waals surface area contributed by atoms with Crippen LogP contribution in [0.1, 0.15) is 65.7 Å². The topological polar surface area (TPSA) is 29.3 Å². The van der Waals surface area contributed by atoms with Crippen LogP contribution >= 0.6 is 0 Å². The van der Waals surface area contributed by atoms with Crippen LogP contribution in [0.15, 0.2) is 0 Å². The van der Waals surface area contributed by atoms with Gasteiger partial charge in [-0.25, -0.2) is 0 Å². The number of unbranched alkanes of at least 4 members (excludes halogenated alkanes) is 1. The van der Waals surface area contributed by atoms with Crippen LogP contribution in [-0.4, -0.2) is 31.1 Å². The summed E-state index contributed by atoms with van der Waals surface area (Å²) in [5.74, 6) is 2.72. The van der Waals surface area contributed by atoms with E-state index in [2.05, 4.69) is 25.7 Å². The van der Waals surface area contributed by atoms with Crippen molar-refractivity contribution >= 4 is 0 Å². The van der Waals surface area contributed by atoms with Crippen LogP contribution in [0.2, 0.25) is 0 Å². The molecule has 1 aliphatic rings. The smallest absolute Gasteiger partial charge is 0.000439 e. The second-order valence-corrected chi connectivity index (χ2v) is 7.10. The number of piperidine rings is 1. The van der Waals surface area contributed by atoms with Gasteiger partial charge in [-0.05, 0) is 56.7 Å². The van der Waals surface area contributed by atoms with Crippen molar-refractivity contribution in [3.63, 3.8) is 0 Å². The molecular formula is C17H36N2. The Bertz CT molecular complexity index is 207. The van der Waals surface area contributed by atoms with Gasteiger partial charge in [0.1, 0.15) is 0 Å². The molecule has 0 aliphatic carbocycles. The van der Waals surface area contributed by atoms with E-state index in [1.54, 1.807) is 0 Å². The molecule has 1 heterocycles. The number of nitrogens with two attached hydrogens (primary N) is 1. The SMILES string of the molecule is CC(C)CN1CCC(CCC(C)CCCCN)CC1. The average Bonchev–Trinajstić information content (AvgIpc) is 2.37. The Balaban J connectivity index is 2.05. The Kier molecular flexibility index (Phi) is 8.72. The minimum absolute atomic E-state index is 0.819. The molecule has 0 spiro atoms. The van der Waals surface area contributed by atoms with Gasteiger partial charge in [-0.3, -0.25) is 0 Å². The normalized spacial score (nSPS) is 20.1. The van der Waals surface area contributed by atoms with Crippen molar-refractivity contribution in [3.8, 4) is 0 Å². The van der Waals surface area contributed by atoms with Gasteiger partial charge < -0.3 is 10.6 Å². The number of rotatable bonds is 9. The van der Waals surface area contributed by atoms with Crippen molar-refractivity contribution in [2.75, 3.05) is 26.2 Å². The Morgan fingerprint density at radius 3 is 2.32 bits per heavy atom. The van der Waals surface area contributed by atoms with E-state index in [4.69, 9.17) is 5.73 Å². The maximum absolute atomic E-state index is 5.55. The van der Waals surface area contributed by atoms with Crippen molar-refractivity contribution in [3.05, 3.63) is 0 Å². The third-order valence-corrected chi connectivity index (χ3v) is 4.55. The van der Waals surface area contributed by atoms with E-state index >= 15 is 0 Å². The van der Waals surface area contributed by atoms with E-state index in [0.717, 1.165) is 24.3 Å². The summed E-state index contributed by atoms with van der Waals surface area (Å²) in [4.78, 5) is 2.66. The van der Waals surface area contributed by atoms with Crippen LogP contribution in [0.25, 0.3) is 0 Å². The zero-order valence-corrected chi connectivity index (χ0v) is 13.5. The minimum Gasteiger partial charge on any atom is -0.330 e. The van der Waals surface area contributed by atoms with Crippen LogP contribution in [-0.2, 0) is 0 Å². The molecule has 1 fully saturated rings. The lowest BCUT2D eigenvalue weighted by Gasteiger charge is -2.33. The molecule has 0 amide bonds. The fraction of sp³-hybridized carbons (Fsp3) is 1.00. The first-order valence-electron chi connectivity index (χ1n) is 8.54. The highest BCUT2D eigenvalue weighted by molar-refractivity contribution is 4.73. The molecule has 0 radical (unpaired) electrons. The summed E-state index contributed by atoms with van der Waals surface area (Å²) < 4.78 is 0. The summed E-state index contributed by atoms with van der Waals surface area (Å²) in [5.41, 5.74) is 5.55. The largest absolute Gasteiger partial charge is 0.330 e. The van der Waals surface area contributed by atoms with Crippen molar-refractivity contribution in [2.24, 2.45) is 23.5 Å². The van der Waals surface area contributed by atoms with Gasteiger partial charge in [-0.15, -0.1) is 0 Å². The molecule has 114 valence electrons. The quantitative estimate of drug-likeness (QED) is 0.643. The summed E-state index contributed by atoms with van der Waals surface area (Å²) in [5, 5.41) is 0. The first-order chi connectivity index (χ1) is 9.11. The molecule has 1 atom stereocenters. The van der Waals surface area contributed by atoms with Crippen LogP contribution in [0.3, 0.4) is 0 Å². The number of nitrogens with zero attached hydrogens (tertiary/aromatic N) is 1. The molecule has 0 aromatic carbocycles. The zero-order chi connectivity index (χ0) is 14.1. The van der Waals surface area contributed by atoms with Gasteiger partial charge in [0.25, 0.3) is 0 Å². The van der Waals surface area contributed by atoms with Gasteiger partial charge in [0.2, 0.25) is 0 Å². The molecule has 1 unspecified atom stereocenters. The maximum Gasteiger partial charge on any atom is 0.000439 e. The van der Waals surface area contributed by atoms with Gasteiger partial charge in [0.05, 0.1) is 0 Å². The monoisotopic (exact) mass is 268 g/mol. The number of hydrogen-bond donors (Lipinski definition) is 1. The summed E-state index contributed by atoms with van der Waals surface area (Å²) in [6.07, 6.45) is 9.66. The average molecular weight is 268 g/mol. The molecule has 0 aromatic rings. The fourth-order valence-corrected chi connectivity index (χ4v) is 3.28. The Morgan fingerprint density at radius 2 is 1.74 bits per heavy atom. The molecule has 2 nitrogen and oxygen atoms in total. The fourth-order valence-electron chi connectivity index (χ4n) is 3.28. The molecule has 0 aromatic heterocycles. The predicted molar refractivity (Wildman–Crippen MR) is 85.3 cm³/mol. The van der Waals surface area contributed by atoms with Crippen molar-refractivity contribution in [2.45, 2.75) is 65.7 Å². The molecular weight excluding hydrogens is 232 g/mol. The standard InChI is InChI=1S/C17H36N2/c1-15(2)14-19-12-9-17(10-13-19)8-7-16(3)6-4-5-11-18/h15-17H,4-14,18H2,1-3H3. The lowest BCUT2D eigenvalue weighted by Crippen LogP contribution is -2.36. The van der Waals surface area contributed by atoms with E-state index in [1.165, 1.54) is 64.6 Å². The highest BCUT2D eigenvalue weighted by atomic mass is 15.1. The lowest BCUT2D eigenvalue weighted by molar-refractivity contribution is 0.159. The highest BCUT2D eigenvalue weighted by Gasteiger charge is 2.19. The molecule has 0 bridgehead atoms. The Hall–Kier alpha value is -0.0800. The van der Waals surface area contributed by atoms with Crippen molar-refractivity contribution in [1.82, 2.24) is 4.90 Å². The summed E-state index contributed by atoms with van der Waals surface area (Å²) in [6, 6.07) is 0. The second kappa shape index (κ2) is 9.77. The van der Waals surface area contributed by atoms with Gasteiger partial charge in [0, 0.05) is 6.54 Å². The summed E-state index contributed by atoms with van der Waals surface area (Å²) >= 11 is 0. The van der Waals surface area contributed by atoms with Gasteiger partial charge in [-0.1, -0.05) is 46.5 Å². The Morgan fingerprint density at radius 1 is 1.05 bits per heavy atom. The molecule has 19 heavy (non-hydrogen) atoms. The predicted octanol–water partition coefficient (Wildman–Crippen LogP) is 3.90. The van der Waals surface area contributed by atoms with Crippen LogP contribution in [0, 0.1) is 17.8 Å². The molecule has 1 rings (SSSR count). The third-order valence-electron chi connectivity index (χ3n) is 4.55. The molecule has 2 N–H and O–H groups in total. The number of hydrogen-bond acceptors (Lipinski definition) is 2. The number of likely N-dealkylation sites (tertiary alicyclic amines) is 1. The maximum atomic E-state index is 5.55. The first kappa shape index (κ1) is 17.0. The summed E-state index contributed by atoms with van der Waals surface area (Å²) in [6.45, 7) is 11.9. The van der Waals surface area contributed by atoms with E-state index in [9.17, 15) is 0 Å². The van der Waals surface area contributed by atoms with E-state index in [-0.39, 0.29) is 0 Å². The molecule has 1 saturated heterocycles. The second-order valence-electron chi connectivity index (χ2n) is 7.10. The van der Waals surface area contributed by atoms with Crippen molar-refractivity contribution in [1.29, 1.82) is 0 Å². The van der Waals surface area contributed by atoms with Gasteiger partial charge in [-0.2, -0.15) is 0 Å². The molecule has 0 saturated carbocycles. The van der Waals surface area contributed by atoms with Crippen LogP contribution in [0.5, 0.6) is 0 Å². The summed E-state index contributed by atoms with van der Waals surface area (Å²) in [7, 11) is 0. The first-order valence-corrected chi connectivity index (χ1v) is 8.54. The molecule has 2 heteroatoms. The van der Waals surface area contributed by atoms with Crippen molar-refractivity contribution < 1.29 is 0 Å². The lowest BCUT2D eigenvalue weighted by atomic mass is 9.87. The van der Waals surface area contributed by atoms with E-state index in [1.807, 2.05) is 0 Å². The highest BCUT2D eigenvalue weighted by Crippen LogP contribution is 2.25. The zero-order valence-electron chi connectivity index (χ0n) is 13.5. The van der Waals surface area contributed by atoms with E-state index in [0.29, 0.717) is 0 Å². The molecule has 1 aliphatic heterocycles. The van der Waals surface area contributed by atoms with Crippen LogP contribution < -0.4 is 5.73 Å².